The highest BCUT2D eigenvalue weighted by molar-refractivity contribution is 5.94. The zero-order valence-corrected chi connectivity index (χ0v) is 16.7. The van der Waals surface area contributed by atoms with Crippen LogP contribution in [0.15, 0.2) is 48.5 Å². The molecule has 0 bridgehead atoms. The van der Waals surface area contributed by atoms with Gasteiger partial charge in [-0.2, -0.15) is 9.67 Å². The van der Waals surface area contributed by atoms with E-state index in [4.69, 9.17) is 10.5 Å². The number of benzene rings is 2. The van der Waals surface area contributed by atoms with Crippen molar-refractivity contribution in [3.63, 3.8) is 0 Å². The number of aromatic nitrogens is 3. The third-order valence-corrected chi connectivity index (χ3v) is 4.20. The standard InChI is InChI=1S/C20H25N7O2/c1-26(2)13-12-22-18(28)14-8-10-15(11-9-14)27-19(21)24-20(25-27)23-16-6-4-5-7-17(16)29-3/h4-11H,12-13H2,1-3H3,(H,22,28)(H3,21,23,24,25). The van der Waals surface area contributed by atoms with Gasteiger partial charge in [0.05, 0.1) is 18.5 Å². The molecule has 3 rings (SSSR count). The highest BCUT2D eigenvalue weighted by Gasteiger charge is 2.12. The number of amides is 1. The maximum absolute atomic E-state index is 12.2. The molecule has 3 aromatic rings. The third-order valence-electron chi connectivity index (χ3n) is 4.20. The normalized spacial score (nSPS) is 10.8. The molecular formula is C20H25N7O2. The summed E-state index contributed by atoms with van der Waals surface area (Å²) in [6, 6.07) is 14.5. The van der Waals surface area contributed by atoms with Gasteiger partial charge in [-0.05, 0) is 50.5 Å². The molecule has 0 radical (unpaired) electrons. The fourth-order valence-corrected chi connectivity index (χ4v) is 2.68. The van der Waals surface area contributed by atoms with E-state index < -0.39 is 0 Å². The molecule has 0 saturated carbocycles. The Bertz CT molecular complexity index is 967. The Balaban J connectivity index is 1.72. The lowest BCUT2D eigenvalue weighted by atomic mass is 10.2. The number of rotatable bonds is 8. The Hall–Kier alpha value is -3.59. The Morgan fingerprint density at radius 3 is 2.59 bits per heavy atom. The summed E-state index contributed by atoms with van der Waals surface area (Å²) in [6.07, 6.45) is 0. The van der Waals surface area contributed by atoms with Crippen LogP contribution in [0.4, 0.5) is 17.6 Å². The maximum Gasteiger partial charge on any atom is 0.251 e. The third kappa shape index (κ3) is 5.02. The van der Waals surface area contributed by atoms with Crippen LogP contribution in [0.2, 0.25) is 0 Å². The summed E-state index contributed by atoms with van der Waals surface area (Å²) < 4.78 is 6.82. The number of likely N-dealkylation sites (N-methyl/N-ethyl adjacent to an activating group) is 1. The van der Waals surface area contributed by atoms with Crippen LogP contribution in [0.25, 0.3) is 5.69 Å². The minimum absolute atomic E-state index is 0.122. The molecule has 9 heteroatoms. The van der Waals surface area contributed by atoms with E-state index in [1.54, 1.807) is 31.4 Å². The second-order valence-electron chi connectivity index (χ2n) is 6.64. The van der Waals surface area contributed by atoms with E-state index in [0.717, 1.165) is 12.2 Å². The molecule has 0 aliphatic heterocycles. The minimum atomic E-state index is -0.122. The first kappa shape index (κ1) is 20.2. The maximum atomic E-state index is 12.2. The molecule has 0 spiro atoms. The van der Waals surface area contributed by atoms with Gasteiger partial charge in [-0.25, -0.2) is 0 Å². The first-order valence-corrected chi connectivity index (χ1v) is 9.14. The van der Waals surface area contributed by atoms with Crippen molar-refractivity contribution in [2.45, 2.75) is 0 Å². The number of nitrogens with one attached hydrogen (secondary N) is 2. The zero-order chi connectivity index (χ0) is 20.8. The van der Waals surface area contributed by atoms with Crippen LogP contribution in [0.3, 0.4) is 0 Å². The Labute approximate surface area is 169 Å². The van der Waals surface area contributed by atoms with E-state index in [1.165, 1.54) is 4.68 Å². The van der Waals surface area contributed by atoms with Gasteiger partial charge < -0.3 is 26.0 Å². The number of nitrogens with zero attached hydrogens (tertiary/aromatic N) is 4. The number of hydrogen-bond acceptors (Lipinski definition) is 7. The van der Waals surface area contributed by atoms with Gasteiger partial charge in [0.15, 0.2) is 0 Å². The number of nitrogen functional groups attached to an aromatic ring is 1. The van der Waals surface area contributed by atoms with Crippen molar-refractivity contribution >= 4 is 23.5 Å². The molecule has 0 aliphatic rings. The van der Waals surface area contributed by atoms with Crippen LogP contribution >= 0.6 is 0 Å². The van der Waals surface area contributed by atoms with Crippen molar-refractivity contribution in [3.8, 4) is 11.4 Å². The van der Waals surface area contributed by atoms with E-state index in [-0.39, 0.29) is 11.9 Å². The van der Waals surface area contributed by atoms with Crippen LogP contribution in [0, 0.1) is 0 Å². The molecule has 29 heavy (non-hydrogen) atoms. The monoisotopic (exact) mass is 395 g/mol. The Morgan fingerprint density at radius 2 is 1.90 bits per heavy atom. The summed E-state index contributed by atoms with van der Waals surface area (Å²) in [4.78, 5) is 18.5. The van der Waals surface area contributed by atoms with Gasteiger partial charge in [0.2, 0.25) is 11.9 Å². The van der Waals surface area contributed by atoms with Crippen LogP contribution in [-0.2, 0) is 0 Å². The number of carbonyl (C=O) groups is 1. The summed E-state index contributed by atoms with van der Waals surface area (Å²) >= 11 is 0. The summed E-state index contributed by atoms with van der Waals surface area (Å²) in [7, 11) is 5.51. The Kier molecular flexibility index (Phi) is 6.30. The van der Waals surface area contributed by atoms with E-state index >= 15 is 0 Å². The summed E-state index contributed by atoms with van der Waals surface area (Å²) in [5, 5.41) is 10.4. The summed E-state index contributed by atoms with van der Waals surface area (Å²) in [6.45, 7) is 1.36. The average molecular weight is 395 g/mol. The van der Waals surface area contributed by atoms with Crippen molar-refractivity contribution in [2.24, 2.45) is 0 Å². The van der Waals surface area contributed by atoms with Crippen LogP contribution in [0.1, 0.15) is 10.4 Å². The zero-order valence-electron chi connectivity index (χ0n) is 16.7. The van der Waals surface area contributed by atoms with Crippen LogP contribution < -0.4 is 21.1 Å². The van der Waals surface area contributed by atoms with E-state index in [9.17, 15) is 4.79 Å². The number of carbonyl (C=O) groups excluding carboxylic acids is 1. The molecule has 0 aliphatic carbocycles. The number of hydrogen-bond donors (Lipinski definition) is 3. The number of ether oxygens (including phenoxy) is 1. The number of para-hydroxylation sites is 2. The van der Waals surface area contributed by atoms with Gasteiger partial charge in [-0.1, -0.05) is 12.1 Å². The lowest BCUT2D eigenvalue weighted by Gasteiger charge is -2.10. The van der Waals surface area contributed by atoms with Gasteiger partial charge in [0.1, 0.15) is 5.75 Å². The Morgan fingerprint density at radius 1 is 1.17 bits per heavy atom. The van der Waals surface area contributed by atoms with Crippen LogP contribution in [0.5, 0.6) is 5.75 Å². The molecule has 9 nitrogen and oxygen atoms in total. The number of anilines is 3. The van der Waals surface area contributed by atoms with E-state index in [1.807, 2.05) is 43.3 Å². The highest BCUT2D eigenvalue weighted by Crippen LogP contribution is 2.26. The largest absolute Gasteiger partial charge is 0.495 e. The van der Waals surface area contributed by atoms with Gasteiger partial charge in [0, 0.05) is 18.7 Å². The van der Waals surface area contributed by atoms with Gasteiger partial charge in [0.25, 0.3) is 5.91 Å². The smallest absolute Gasteiger partial charge is 0.251 e. The van der Waals surface area contributed by atoms with Gasteiger partial charge in [-0.15, -0.1) is 5.10 Å². The predicted molar refractivity (Wildman–Crippen MR) is 113 cm³/mol. The van der Waals surface area contributed by atoms with Crippen molar-refractivity contribution in [3.05, 3.63) is 54.1 Å². The van der Waals surface area contributed by atoms with Crippen molar-refractivity contribution in [2.75, 3.05) is 45.3 Å². The molecule has 1 amide bonds. The van der Waals surface area contributed by atoms with E-state index in [2.05, 4.69) is 20.7 Å². The fraction of sp³-hybridized carbons (Fsp3) is 0.250. The molecule has 152 valence electrons. The number of methoxy groups -OCH3 is 1. The van der Waals surface area contributed by atoms with Gasteiger partial charge >= 0.3 is 0 Å². The molecule has 1 heterocycles. The molecule has 0 unspecified atom stereocenters. The second-order valence-corrected chi connectivity index (χ2v) is 6.64. The molecule has 0 fully saturated rings. The fourth-order valence-electron chi connectivity index (χ4n) is 2.68. The average Bonchev–Trinajstić information content (AvgIpc) is 3.08. The van der Waals surface area contributed by atoms with Crippen molar-refractivity contribution in [1.29, 1.82) is 0 Å². The second kappa shape index (κ2) is 9.07. The lowest BCUT2D eigenvalue weighted by Crippen LogP contribution is -2.31. The quantitative estimate of drug-likeness (QED) is 0.534. The predicted octanol–water partition coefficient (Wildman–Crippen LogP) is 1.89. The van der Waals surface area contributed by atoms with Crippen LogP contribution in [-0.4, -0.2) is 59.9 Å². The van der Waals surface area contributed by atoms with Crippen molar-refractivity contribution in [1.82, 2.24) is 25.0 Å². The molecule has 0 atom stereocenters. The first-order valence-electron chi connectivity index (χ1n) is 9.14. The molecule has 1 aromatic heterocycles. The molecular weight excluding hydrogens is 370 g/mol. The molecule has 4 N–H and O–H groups in total. The molecule has 0 saturated heterocycles. The SMILES string of the molecule is COc1ccccc1Nc1nc(N)n(-c2ccc(C(=O)NCCN(C)C)cc2)n1. The van der Waals surface area contributed by atoms with E-state index in [0.29, 0.717) is 29.5 Å². The summed E-state index contributed by atoms with van der Waals surface area (Å²) in [5.74, 6) is 1.12. The molecule has 2 aromatic carbocycles. The lowest BCUT2D eigenvalue weighted by molar-refractivity contribution is 0.0951. The topological polar surface area (TPSA) is 110 Å². The van der Waals surface area contributed by atoms with Crippen molar-refractivity contribution < 1.29 is 9.53 Å². The first-order chi connectivity index (χ1) is 14.0. The highest BCUT2D eigenvalue weighted by atomic mass is 16.5. The van der Waals surface area contributed by atoms with Gasteiger partial charge in [-0.3, -0.25) is 4.79 Å². The minimum Gasteiger partial charge on any atom is -0.495 e. The number of nitrogens with two attached hydrogens (primary N) is 1. The summed E-state index contributed by atoms with van der Waals surface area (Å²) in [5.41, 5.74) is 8.03.